The van der Waals surface area contributed by atoms with Crippen molar-refractivity contribution in [2.45, 2.75) is 46.5 Å². The smallest absolute Gasteiger partial charge is 0.0344 e. The van der Waals surface area contributed by atoms with Crippen LogP contribution in [0.25, 0.3) is 11.5 Å². The van der Waals surface area contributed by atoms with Crippen molar-refractivity contribution >= 4 is 31.4 Å². The van der Waals surface area contributed by atoms with Crippen LogP contribution in [0.3, 0.4) is 0 Å². The summed E-state index contributed by atoms with van der Waals surface area (Å²) in [7, 11) is 9.78. The van der Waals surface area contributed by atoms with Crippen molar-refractivity contribution in [1.82, 2.24) is 0 Å². The molecule has 1 aromatic rings. The Labute approximate surface area is 143 Å². The summed E-state index contributed by atoms with van der Waals surface area (Å²) in [5.74, 6) is 0. The first-order valence-corrected chi connectivity index (χ1v) is 10.7. The molecule has 2 N–H and O–H groups in total. The Morgan fingerprint density at radius 3 is 1.86 bits per heavy atom. The van der Waals surface area contributed by atoms with Gasteiger partial charge in [-0.2, -0.15) is 27.8 Å². The van der Waals surface area contributed by atoms with Crippen LogP contribution in [0.4, 0.5) is 0 Å². The van der Waals surface area contributed by atoms with E-state index in [4.69, 9.17) is 39.7 Å². The second kappa shape index (κ2) is 14.5. The molecule has 0 saturated carbocycles. The van der Waals surface area contributed by atoms with Gasteiger partial charge in [-0.05, 0) is 0 Å². The van der Waals surface area contributed by atoms with Crippen LogP contribution in [0.2, 0.25) is 0 Å². The minimum Gasteiger partial charge on any atom is -0.671 e. The second-order valence-electron chi connectivity index (χ2n) is 4.35. The Balaban J connectivity index is 0. The van der Waals surface area contributed by atoms with E-state index in [1.165, 1.54) is 25.7 Å². The van der Waals surface area contributed by atoms with Gasteiger partial charge in [0.1, 0.15) is 0 Å². The van der Waals surface area contributed by atoms with Crippen molar-refractivity contribution < 1.29 is 26.6 Å². The summed E-state index contributed by atoms with van der Waals surface area (Å²) in [5.41, 5.74) is 19.1. The van der Waals surface area contributed by atoms with E-state index in [2.05, 4.69) is 20.8 Å². The summed E-state index contributed by atoms with van der Waals surface area (Å²) in [5, 5.41) is 0. The fourth-order valence-electron chi connectivity index (χ4n) is 2.47. The van der Waals surface area contributed by atoms with E-state index in [9.17, 15) is 0 Å². The van der Waals surface area contributed by atoms with Crippen molar-refractivity contribution in [3.05, 3.63) is 39.3 Å². The molecule has 2 rings (SSSR count). The molecule has 0 aromatic heterocycles. The molecule has 0 heterocycles. The summed E-state index contributed by atoms with van der Waals surface area (Å²) in [4.78, 5) is 16.9. The standard InChI is InChI=1S/C12H17.2CH3NO.2ClH.Ti/c1-8-9(2)11-6-4-5-7-12(11)10(8)3;2*2-1-3;;;/h4-7H2,1-3H3;2*1H,(H2,2,3);2*1H;/q-1;;;;;+2/p-4. The largest absolute Gasteiger partial charge is 0.671 e. The molecule has 1 aliphatic rings. The van der Waals surface area contributed by atoms with Gasteiger partial charge >= 0.3 is 35.6 Å². The fraction of sp³-hybridized carbons (Fsp3) is 0.500. The van der Waals surface area contributed by atoms with Crippen molar-refractivity contribution in [2.24, 2.45) is 0 Å². The van der Waals surface area contributed by atoms with Gasteiger partial charge in [0, 0.05) is 12.8 Å². The number of carbonyl (C=O) groups excluding carboxylic acids is 2. The van der Waals surface area contributed by atoms with E-state index in [0.717, 1.165) is 0 Å². The molecule has 0 aliphatic heterocycles. The first-order valence-electron chi connectivity index (χ1n) is 6.38. The minimum atomic E-state index is -0.556. The van der Waals surface area contributed by atoms with E-state index in [0.29, 0.717) is 0 Å². The maximum Gasteiger partial charge on any atom is 0.0344 e. The predicted molar refractivity (Wildman–Crippen MR) is 85.4 cm³/mol. The number of halogens is 2. The number of hydrogen-bond donors (Lipinski definition) is 0. The average molecular weight is 368 g/mol. The van der Waals surface area contributed by atoms with Gasteiger partial charge in [-0.15, -0.1) is 0 Å². The Morgan fingerprint density at radius 2 is 1.48 bits per heavy atom. The van der Waals surface area contributed by atoms with Crippen molar-refractivity contribution in [3.8, 4) is 0 Å². The molecule has 120 valence electrons. The fourth-order valence-corrected chi connectivity index (χ4v) is 2.47. The molecule has 0 saturated heterocycles. The zero-order valence-electron chi connectivity index (χ0n) is 12.6. The molecule has 0 radical (unpaired) electrons. The van der Waals surface area contributed by atoms with Crippen LogP contribution in [0.1, 0.15) is 40.7 Å². The predicted octanol–water partition coefficient (Wildman–Crippen LogP) is 4.98. The molecule has 1 aliphatic carbocycles. The first kappa shape index (κ1) is 22.9. The normalized spacial score (nSPS) is 11.1. The molecule has 0 fully saturated rings. The summed E-state index contributed by atoms with van der Waals surface area (Å²) in [6.45, 7) is 6.84. The summed E-state index contributed by atoms with van der Waals surface area (Å²) < 4.78 is 0. The van der Waals surface area contributed by atoms with Crippen molar-refractivity contribution in [1.29, 1.82) is 0 Å². The van der Waals surface area contributed by atoms with Crippen LogP contribution < -0.4 is 0 Å². The molecular weight excluding hydrogens is 347 g/mol. The maximum absolute atomic E-state index is 8.47. The van der Waals surface area contributed by atoms with Crippen LogP contribution in [0, 0.1) is 20.8 Å². The number of amides is 2. The second-order valence-corrected chi connectivity index (χ2v) is 6.93. The van der Waals surface area contributed by atoms with Gasteiger partial charge in [-0.25, -0.2) is 0 Å². The van der Waals surface area contributed by atoms with Crippen LogP contribution in [0.5, 0.6) is 0 Å². The Kier molecular flexibility index (Phi) is 15.8. The van der Waals surface area contributed by atoms with Gasteiger partial charge in [0.2, 0.25) is 0 Å². The number of nitrogens with one attached hydrogen (secondary N) is 2. The van der Waals surface area contributed by atoms with Gasteiger partial charge in [0.25, 0.3) is 0 Å². The van der Waals surface area contributed by atoms with Gasteiger partial charge < -0.3 is 21.1 Å². The zero-order chi connectivity index (χ0) is 16.8. The third-order valence-corrected chi connectivity index (χ3v) is 3.50. The Hall–Kier alpha value is -0.416. The molecule has 0 spiro atoms. The summed E-state index contributed by atoms with van der Waals surface area (Å²) in [6, 6.07) is 0. The van der Waals surface area contributed by atoms with Gasteiger partial charge in [0.05, 0.1) is 0 Å². The topological polar surface area (TPSA) is 81.7 Å². The van der Waals surface area contributed by atoms with Gasteiger partial charge in [-0.1, -0.05) is 46.5 Å². The molecule has 4 nitrogen and oxygen atoms in total. The van der Waals surface area contributed by atoms with E-state index >= 15 is 0 Å². The molecular formula is C14H21Cl2N2O2Ti-3. The molecule has 0 unspecified atom stereocenters. The number of rotatable bonds is 0. The summed E-state index contributed by atoms with van der Waals surface area (Å²) >= 11 is -0.556. The van der Waals surface area contributed by atoms with E-state index < -0.39 is 17.0 Å². The number of fused-ring (bicyclic) bond motifs is 1. The van der Waals surface area contributed by atoms with Crippen molar-refractivity contribution in [2.75, 3.05) is 0 Å². The Morgan fingerprint density at radius 1 is 1.10 bits per heavy atom. The average Bonchev–Trinajstić information content (AvgIpc) is 2.67. The van der Waals surface area contributed by atoms with Gasteiger partial charge in [-0.3, -0.25) is 0 Å². The quantitative estimate of drug-likeness (QED) is 0.368. The Bertz CT molecular complexity index is 388. The molecule has 1 aromatic carbocycles. The van der Waals surface area contributed by atoms with Crippen LogP contribution in [0.15, 0.2) is 0 Å². The van der Waals surface area contributed by atoms with E-state index in [1.54, 1.807) is 27.8 Å². The SMILES string of the molecule is Cc1c2c([c-](C)c1C)CCCC2.[Cl][Ti][Cl].[NH-]C=O.[NH-]C=O. The van der Waals surface area contributed by atoms with Gasteiger partial charge in [0.15, 0.2) is 0 Å². The zero-order valence-corrected chi connectivity index (χ0v) is 15.6. The third-order valence-electron chi connectivity index (χ3n) is 3.50. The molecule has 2 amide bonds. The molecule has 21 heavy (non-hydrogen) atoms. The third kappa shape index (κ3) is 8.57. The van der Waals surface area contributed by atoms with Crippen molar-refractivity contribution in [3.63, 3.8) is 0 Å². The monoisotopic (exact) mass is 367 g/mol. The number of hydrogen-bond acceptors (Lipinski definition) is 2. The van der Waals surface area contributed by atoms with E-state index in [-0.39, 0.29) is 12.8 Å². The first-order chi connectivity index (χ1) is 9.96. The summed E-state index contributed by atoms with van der Waals surface area (Å²) in [6.07, 6.45) is 5.46. The minimum absolute atomic E-state index is 0. The molecule has 0 atom stereocenters. The number of carbonyl (C=O) groups is 2. The molecule has 7 heteroatoms. The van der Waals surface area contributed by atoms with E-state index in [1.807, 2.05) is 0 Å². The molecule has 0 bridgehead atoms. The van der Waals surface area contributed by atoms with Crippen LogP contribution in [-0.2, 0) is 39.5 Å². The maximum atomic E-state index is 8.47. The van der Waals surface area contributed by atoms with Crippen LogP contribution >= 0.6 is 18.6 Å². The van der Waals surface area contributed by atoms with Crippen LogP contribution in [-0.4, -0.2) is 12.8 Å².